The normalized spacial score (nSPS) is 14.6. The third-order valence-corrected chi connectivity index (χ3v) is 2.38. The standard InChI is InChI=1S/C9H9ClFNO2.ClH/c10-6-2-9-8(13-4-14-9)1-5(6)7(12)3-11;/h1-2,7H,3-4,12H2;1H/t7-;/m1./s1. The van der Waals surface area contributed by atoms with Crippen molar-refractivity contribution in [3.8, 4) is 11.5 Å². The van der Waals surface area contributed by atoms with E-state index in [1.807, 2.05) is 0 Å². The lowest BCUT2D eigenvalue weighted by Crippen LogP contribution is -2.12. The molecule has 1 aromatic carbocycles. The summed E-state index contributed by atoms with van der Waals surface area (Å²) in [6, 6.07) is 2.50. The Labute approximate surface area is 97.7 Å². The maximum atomic E-state index is 12.3. The summed E-state index contributed by atoms with van der Waals surface area (Å²) in [5, 5.41) is 0.402. The van der Waals surface area contributed by atoms with Gasteiger partial charge in [0.15, 0.2) is 11.5 Å². The highest BCUT2D eigenvalue weighted by atomic mass is 35.5. The van der Waals surface area contributed by atoms with E-state index in [4.69, 9.17) is 26.8 Å². The van der Waals surface area contributed by atoms with Gasteiger partial charge in [-0.05, 0) is 11.6 Å². The number of hydrogen-bond donors (Lipinski definition) is 1. The van der Waals surface area contributed by atoms with Gasteiger partial charge in [-0.2, -0.15) is 0 Å². The van der Waals surface area contributed by atoms with E-state index in [2.05, 4.69) is 0 Å². The molecule has 0 saturated carbocycles. The zero-order valence-electron chi connectivity index (χ0n) is 7.70. The summed E-state index contributed by atoms with van der Waals surface area (Å²) in [4.78, 5) is 0. The Kier molecular flexibility index (Phi) is 4.02. The smallest absolute Gasteiger partial charge is 0.231 e. The van der Waals surface area contributed by atoms with Gasteiger partial charge in [0, 0.05) is 11.1 Å². The van der Waals surface area contributed by atoms with Crippen LogP contribution >= 0.6 is 24.0 Å². The number of rotatable bonds is 2. The minimum absolute atomic E-state index is 0. The van der Waals surface area contributed by atoms with Gasteiger partial charge in [0.25, 0.3) is 0 Å². The predicted octanol–water partition coefficient (Wildman–Crippen LogP) is 2.46. The number of nitrogens with two attached hydrogens (primary N) is 1. The van der Waals surface area contributed by atoms with Crippen molar-refractivity contribution in [1.82, 2.24) is 0 Å². The van der Waals surface area contributed by atoms with Gasteiger partial charge in [-0.1, -0.05) is 11.6 Å². The summed E-state index contributed by atoms with van der Waals surface area (Å²) < 4.78 is 22.6. The third kappa shape index (κ3) is 2.27. The van der Waals surface area contributed by atoms with E-state index in [1.54, 1.807) is 12.1 Å². The molecule has 2 rings (SSSR count). The Bertz CT molecular complexity index is 362. The Balaban J connectivity index is 0.00000112. The lowest BCUT2D eigenvalue weighted by molar-refractivity contribution is 0.174. The SMILES string of the molecule is Cl.N[C@H](CF)c1cc2c(cc1Cl)OCO2. The van der Waals surface area contributed by atoms with E-state index in [0.717, 1.165) is 0 Å². The maximum Gasteiger partial charge on any atom is 0.231 e. The molecule has 0 aromatic heterocycles. The van der Waals surface area contributed by atoms with Crippen LogP contribution in [0.15, 0.2) is 12.1 Å². The Morgan fingerprint density at radius 3 is 2.60 bits per heavy atom. The van der Waals surface area contributed by atoms with Crippen LogP contribution in [0.5, 0.6) is 11.5 Å². The molecule has 0 aliphatic carbocycles. The van der Waals surface area contributed by atoms with Crippen LogP contribution in [0, 0.1) is 0 Å². The molecule has 2 N–H and O–H groups in total. The fraction of sp³-hybridized carbons (Fsp3) is 0.333. The number of hydrogen-bond acceptors (Lipinski definition) is 3. The molecule has 1 aromatic rings. The molecule has 6 heteroatoms. The van der Waals surface area contributed by atoms with Crippen LogP contribution in [0.25, 0.3) is 0 Å². The van der Waals surface area contributed by atoms with Crippen molar-refractivity contribution in [2.75, 3.05) is 13.5 Å². The first kappa shape index (κ1) is 12.4. The lowest BCUT2D eigenvalue weighted by Gasteiger charge is -2.10. The van der Waals surface area contributed by atoms with Crippen LogP contribution in [0.4, 0.5) is 4.39 Å². The summed E-state index contributed by atoms with van der Waals surface area (Å²) in [5.41, 5.74) is 6.07. The van der Waals surface area contributed by atoms with E-state index >= 15 is 0 Å². The van der Waals surface area contributed by atoms with E-state index in [-0.39, 0.29) is 19.2 Å². The summed E-state index contributed by atoms with van der Waals surface area (Å²) in [6.45, 7) is -0.487. The van der Waals surface area contributed by atoms with Crippen LogP contribution in [0.3, 0.4) is 0 Å². The lowest BCUT2D eigenvalue weighted by atomic mass is 10.1. The molecule has 0 spiro atoms. The van der Waals surface area contributed by atoms with Crippen LogP contribution < -0.4 is 15.2 Å². The average molecular weight is 254 g/mol. The molecule has 84 valence electrons. The number of halogens is 3. The fourth-order valence-corrected chi connectivity index (χ4v) is 1.59. The van der Waals surface area contributed by atoms with Crippen molar-refractivity contribution in [3.63, 3.8) is 0 Å². The molecule has 15 heavy (non-hydrogen) atoms. The van der Waals surface area contributed by atoms with Crippen molar-refractivity contribution in [2.45, 2.75) is 6.04 Å². The predicted molar refractivity (Wildman–Crippen MR) is 57.7 cm³/mol. The molecule has 0 unspecified atom stereocenters. The Morgan fingerprint density at radius 2 is 2.00 bits per heavy atom. The van der Waals surface area contributed by atoms with Gasteiger partial charge in [-0.15, -0.1) is 12.4 Å². The van der Waals surface area contributed by atoms with Gasteiger partial charge < -0.3 is 15.2 Å². The van der Waals surface area contributed by atoms with Crippen LogP contribution in [-0.2, 0) is 0 Å². The second-order valence-electron chi connectivity index (χ2n) is 2.99. The van der Waals surface area contributed by atoms with E-state index in [0.29, 0.717) is 22.1 Å². The molecule has 3 nitrogen and oxygen atoms in total. The molecular weight excluding hydrogens is 244 g/mol. The van der Waals surface area contributed by atoms with E-state index in [9.17, 15) is 4.39 Å². The first-order valence-corrected chi connectivity index (χ1v) is 4.50. The second-order valence-corrected chi connectivity index (χ2v) is 3.39. The zero-order chi connectivity index (χ0) is 10.1. The number of alkyl halides is 1. The zero-order valence-corrected chi connectivity index (χ0v) is 9.28. The molecule has 1 atom stereocenters. The van der Waals surface area contributed by atoms with Crippen molar-refractivity contribution < 1.29 is 13.9 Å². The van der Waals surface area contributed by atoms with Gasteiger partial charge >= 0.3 is 0 Å². The van der Waals surface area contributed by atoms with Crippen LogP contribution in [-0.4, -0.2) is 13.5 Å². The molecule has 0 radical (unpaired) electrons. The average Bonchev–Trinajstić information content (AvgIpc) is 2.62. The fourth-order valence-electron chi connectivity index (χ4n) is 1.30. The molecular formula is C9H10Cl2FNO2. The molecule has 1 aliphatic heterocycles. The van der Waals surface area contributed by atoms with Gasteiger partial charge in [0.1, 0.15) is 6.67 Å². The first-order valence-electron chi connectivity index (χ1n) is 4.13. The van der Waals surface area contributed by atoms with E-state index < -0.39 is 12.7 Å². The minimum Gasteiger partial charge on any atom is -0.454 e. The summed E-state index contributed by atoms with van der Waals surface area (Å²) >= 11 is 5.90. The van der Waals surface area contributed by atoms with Crippen LogP contribution in [0.2, 0.25) is 5.02 Å². The quantitative estimate of drug-likeness (QED) is 0.881. The first-order chi connectivity index (χ1) is 6.72. The molecule has 0 bridgehead atoms. The summed E-state index contributed by atoms with van der Waals surface area (Å²) in [7, 11) is 0. The molecule has 1 heterocycles. The van der Waals surface area contributed by atoms with E-state index in [1.165, 1.54) is 0 Å². The largest absolute Gasteiger partial charge is 0.454 e. The topological polar surface area (TPSA) is 44.5 Å². The van der Waals surface area contributed by atoms with Crippen molar-refractivity contribution >= 4 is 24.0 Å². The molecule has 0 amide bonds. The number of benzene rings is 1. The van der Waals surface area contributed by atoms with Crippen molar-refractivity contribution in [3.05, 3.63) is 22.7 Å². The van der Waals surface area contributed by atoms with Gasteiger partial charge in [-0.25, -0.2) is 4.39 Å². The van der Waals surface area contributed by atoms with Gasteiger partial charge in [-0.3, -0.25) is 0 Å². The number of ether oxygens (including phenoxy) is 2. The Morgan fingerprint density at radius 1 is 1.40 bits per heavy atom. The summed E-state index contributed by atoms with van der Waals surface area (Å²) in [6.07, 6.45) is 0. The molecule has 1 aliphatic rings. The minimum atomic E-state index is -0.711. The van der Waals surface area contributed by atoms with Gasteiger partial charge in [0.2, 0.25) is 6.79 Å². The van der Waals surface area contributed by atoms with Gasteiger partial charge in [0.05, 0.1) is 6.04 Å². The highest BCUT2D eigenvalue weighted by molar-refractivity contribution is 6.31. The third-order valence-electron chi connectivity index (χ3n) is 2.06. The molecule has 0 fully saturated rings. The molecule has 0 saturated heterocycles. The second kappa shape index (κ2) is 4.88. The van der Waals surface area contributed by atoms with Crippen molar-refractivity contribution in [2.24, 2.45) is 5.73 Å². The highest BCUT2D eigenvalue weighted by Gasteiger charge is 2.19. The monoisotopic (exact) mass is 253 g/mol. The summed E-state index contributed by atoms with van der Waals surface area (Å²) in [5.74, 6) is 1.14. The van der Waals surface area contributed by atoms with Crippen LogP contribution in [0.1, 0.15) is 11.6 Å². The highest BCUT2D eigenvalue weighted by Crippen LogP contribution is 2.38. The Hall–Kier alpha value is -0.710. The maximum absolute atomic E-state index is 12.3. The number of fused-ring (bicyclic) bond motifs is 1. The van der Waals surface area contributed by atoms with Crippen molar-refractivity contribution in [1.29, 1.82) is 0 Å².